The van der Waals surface area contributed by atoms with E-state index >= 15 is 0 Å². The molecular formula is C14H29N3O. The summed E-state index contributed by atoms with van der Waals surface area (Å²) in [7, 11) is 0. The van der Waals surface area contributed by atoms with Crippen LogP contribution in [0.1, 0.15) is 39.0 Å². The second-order valence-electron chi connectivity index (χ2n) is 6.40. The summed E-state index contributed by atoms with van der Waals surface area (Å²) < 4.78 is 0. The number of piperazine rings is 1. The Bertz CT molecular complexity index is 257. The van der Waals surface area contributed by atoms with Crippen molar-refractivity contribution >= 4 is 0 Å². The molecule has 0 aromatic carbocycles. The fraction of sp³-hybridized carbons (Fsp3) is 1.00. The lowest BCUT2D eigenvalue weighted by Crippen LogP contribution is -2.55. The van der Waals surface area contributed by atoms with Crippen LogP contribution in [0.2, 0.25) is 0 Å². The highest BCUT2D eigenvalue weighted by molar-refractivity contribution is 4.85. The van der Waals surface area contributed by atoms with Crippen LogP contribution in [-0.4, -0.2) is 65.8 Å². The minimum absolute atomic E-state index is 0.0867. The fourth-order valence-electron chi connectivity index (χ4n) is 3.21. The molecule has 2 unspecified atom stereocenters. The van der Waals surface area contributed by atoms with Crippen molar-refractivity contribution in [1.82, 2.24) is 9.80 Å². The molecule has 0 radical (unpaired) electrons. The standard InChI is InChI=1S/C14H29N3O/c1-14(15,12-18)6-4-7-16-9-10-17-8-3-2-5-13(17)11-16/h13,18H,2-12,15H2,1H3. The molecule has 2 aliphatic rings. The molecule has 18 heavy (non-hydrogen) atoms. The molecule has 4 heteroatoms. The van der Waals surface area contributed by atoms with Gasteiger partial charge in [0.1, 0.15) is 0 Å². The molecule has 0 spiro atoms. The van der Waals surface area contributed by atoms with Crippen molar-refractivity contribution in [3.05, 3.63) is 0 Å². The Morgan fingerprint density at radius 2 is 2.11 bits per heavy atom. The number of fused-ring (bicyclic) bond motifs is 1. The molecule has 106 valence electrons. The SMILES string of the molecule is CC(N)(CO)CCCN1CCN2CCCCC2C1. The number of rotatable bonds is 5. The maximum absolute atomic E-state index is 9.14. The third kappa shape index (κ3) is 3.92. The lowest BCUT2D eigenvalue weighted by Gasteiger charge is -2.44. The third-order valence-electron chi connectivity index (χ3n) is 4.50. The van der Waals surface area contributed by atoms with Crippen molar-refractivity contribution in [2.24, 2.45) is 5.73 Å². The lowest BCUT2D eigenvalue weighted by molar-refractivity contribution is 0.0474. The van der Waals surface area contributed by atoms with Crippen molar-refractivity contribution in [3.8, 4) is 0 Å². The number of nitrogens with zero attached hydrogens (tertiary/aromatic N) is 2. The molecule has 0 saturated carbocycles. The molecule has 2 fully saturated rings. The molecule has 2 heterocycles. The zero-order chi connectivity index (χ0) is 13.0. The zero-order valence-corrected chi connectivity index (χ0v) is 11.8. The summed E-state index contributed by atoms with van der Waals surface area (Å²) >= 11 is 0. The van der Waals surface area contributed by atoms with E-state index in [4.69, 9.17) is 10.8 Å². The molecular weight excluding hydrogens is 226 g/mol. The molecule has 0 aromatic heterocycles. The Morgan fingerprint density at radius 3 is 2.89 bits per heavy atom. The zero-order valence-electron chi connectivity index (χ0n) is 11.8. The summed E-state index contributed by atoms with van der Waals surface area (Å²) in [6.07, 6.45) is 6.18. The van der Waals surface area contributed by atoms with E-state index in [0.717, 1.165) is 25.4 Å². The average molecular weight is 255 g/mol. The number of hydrogen-bond acceptors (Lipinski definition) is 4. The first-order valence-corrected chi connectivity index (χ1v) is 7.47. The Kier molecular flexibility index (Phi) is 5.01. The highest BCUT2D eigenvalue weighted by Gasteiger charge is 2.28. The van der Waals surface area contributed by atoms with Crippen molar-refractivity contribution in [3.63, 3.8) is 0 Å². The van der Waals surface area contributed by atoms with Crippen LogP contribution in [0, 0.1) is 0 Å². The average Bonchev–Trinajstić information content (AvgIpc) is 2.38. The summed E-state index contributed by atoms with van der Waals surface area (Å²) in [5.74, 6) is 0. The predicted molar refractivity (Wildman–Crippen MR) is 74.6 cm³/mol. The van der Waals surface area contributed by atoms with E-state index in [0.29, 0.717) is 0 Å². The molecule has 0 aromatic rings. The van der Waals surface area contributed by atoms with Gasteiger partial charge in [0.25, 0.3) is 0 Å². The van der Waals surface area contributed by atoms with E-state index in [1.54, 1.807) is 0 Å². The summed E-state index contributed by atoms with van der Waals surface area (Å²) in [6, 6.07) is 0.801. The van der Waals surface area contributed by atoms with Gasteiger partial charge in [-0.15, -0.1) is 0 Å². The molecule has 4 nitrogen and oxygen atoms in total. The molecule has 0 aliphatic carbocycles. The number of nitrogens with two attached hydrogens (primary N) is 1. The van der Waals surface area contributed by atoms with Crippen LogP contribution in [-0.2, 0) is 0 Å². The number of hydrogen-bond donors (Lipinski definition) is 2. The summed E-state index contributed by atoms with van der Waals surface area (Å²) in [5, 5.41) is 9.14. The van der Waals surface area contributed by atoms with Crippen molar-refractivity contribution in [1.29, 1.82) is 0 Å². The number of piperidine rings is 1. The highest BCUT2D eigenvalue weighted by Crippen LogP contribution is 2.21. The van der Waals surface area contributed by atoms with Gasteiger partial charge in [-0.25, -0.2) is 0 Å². The summed E-state index contributed by atoms with van der Waals surface area (Å²) in [6.45, 7) is 8.15. The van der Waals surface area contributed by atoms with Gasteiger partial charge in [0, 0.05) is 31.2 Å². The van der Waals surface area contributed by atoms with E-state index in [9.17, 15) is 0 Å². The Balaban J connectivity index is 1.68. The van der Waals surface area contributed by atoms with Crippen LogP contribution in [0.15, 0.2) is 0 Å². The van der Waals surface area contributed by atoms with Gasteiger partial charge in [0.15, 0.2) is 0 Å². The van der Waals surface area contributed by atoms with Crippen LogP contribution in [0.25, 0.3) is 0 Å². The number of aliphatic hydroxyl groups is 1. The van der Waals surface area contributed by atoms with E-state index in [2.05, 4.69) is 9.80 Å². The van der Waals surface area contributed by atoms with Gasteiger partial charge < -0.3 is 15.7 Å². The van der Waals surface area contributed by atoms with Gasteiger partial charge >= 0.3 is 0 Å². The molecule has 2 saturated heterocycles. The van der Waals surface area contributed by atoms with Gasteiger partial charge in [-0.3, -0.25) is 4.90 Å². The van der Waals surface area contributed by atoms with Crippen LogP contribution in [0.5, 0.6) is 0 Å². The first-order chi connectivity index (χ1) is 8.61. The Hall–Kier alpha value is -0.160. The second kappa shape index (κ2) is 6.33. The van der Waals surface area contributed by atoms with Crippen LogP contribution in [0.4, 0.5) is 0 Å². The number of aliphatic hydroxyl groups excluding tert-OH is 1. The van der Waals surface area contributed by atoms with Crippen LogP contribution in [0.3, 0.4) is 0 Å². The smallest absolute Gasteiger partial charge is 0.0608 e. The molecule has 0 amide bonds. The summed E-state index contributed by atoms with van der Waals surface area (Å²) in [4.78, 5) is 5.25. The second-order valence-corrected chi connectivity index (χ2v) is 6.40. The van der Waals surface area contributed by atoms with Gasteiger partial charge in [-0.05, 0) is 45.7 Å². The van der Waals surface area contributed by atoms with Crippen molar-refractivity contribution in [2.45, 2.75) is 50.6 Å². The maximum Gasteiger partial charge on any atom is 0.0608 e. The van der Waals surface area contributed by atoms with Crippen LogP contribution < -0.4 is 5.73 Å². The first kappa shape index (κ1) is 14.3. The quantitative estimate of drug-likeness (QED) is 0.757. The van der Waals surface area contributed by atoms with Gasteiger partial charge in [-0.2, -0.15) is 0 Å². The van der Waals surface area contributed by atoms with Gasteiger partial charge in [-0.1, -0.05) is 6.42 Å². The molecule has 2 atom stereocenters. The predicted octanol–water partition coefficient (Wildman–Crippen LogP) is 0.646. The Morgan fingerprint density at radius 1 is 1.28 bits per heavy atom. The third-order valence-corrected chi connectivity index (χ3v) is 4.50. The minimum atomic E-state index is -0.396. The monoisotopic (exact) mass is 255 g/mol. The van der Waals surface area contributed by atoms with Crippen molar-refractivity contribution < 1.29 is 5.11 Å². The molecule has 2 aliphatic heterocycles. The van der Waals surface area contributed by atoms with E-state index < -0.39 is 5.54 Å². The molecule has 2 rings (SSSR count). The largest absolute Gasteiger partial charge is 0.394 e. The lowest BCUT2D eigenvalue weighted by atomic mass is 9.97. The normalized spacial score (nSPS) is 29.8. The highest BCUT2D eigenvalue weighted by atomic mass is 16.3. The fourth-order valence-corrected chi connectivity index (χ4v) is 3.21. The van der Waals surface area contributed by atoms with E-state index in [-0.39, 0.29) is 6.61 Å². The molecule has 3 N–H and O–H groups in total. The first-order valence-electron chi connectivity index (χ1n) is 7.47. The van der Waals surface area contributed by atoms with Gasteiger partial charge in [0.2, 0.25) is 0 Å². The summed E-state index contributed by atoms with van der Waals surface area (Å²) in [5.41, 5.74) is 5.56. The minimum Gasteiger partial charge on any atom is -0.394 e. The Labute approximate surface area is 111 Å². The van der Waals surface area contributed by atoms with E-state index in [1.165, 1.54) is 45.4 Å². The van der Waals surface area contributed by atoms with Crippen molar-refractivity contribution in [2.75, 3.05) is 39.3 Å². The maximum atomic E-state index is 9.14. The molecule has 0 bridgehead atoms. The van der Waals surface area contributed by atoms with E-state index in [1.807, 2.05) is 6.92 Å². The van der Waals surface area contributed by atoms with Crippen LogP contribution >= 0.6 is 0 Å². The topological polar surface area (TPSA) is 52.7 Å². The van der Waals surface area contributed by atoms with Gasteiger partial charge in [0.05, 0.1) is 6.61 Å².